The molecule has 0 radical (unpaired) electrons. The van der Waals surface area contributed by atoms with Crippen molar-refractivity contribution in [3.8, 4) is 0 Å². The average molecular weight is 526 g/mol. The maximum atomic E-state index is 13.0. The number of hydrogen-bond donors (Lipinski definition) is 2. The molecule has 0 bridgehead atoms. The monoisotopic (exact) mass is 525 g/mol. The lowest BCUT2D eigenvalue weighted by molar-refractivity contribution is 0.212. The minimum absolute atomic E-state index is 0.258. The molecule has 0 spiro atoms. The lowest BCUT2D eigenvalue weighted by Crippen LogP contribution is -2.31. The van der Waals surface area contributed by atoms with Crippen LogP contribution in [0.2, 0.25) is 0 Å². The molecular formula is C25H31N7O2S2. The molecule has 3 aromatic heterocycles. The third kappa shape index (κ3) is 4.82. The average Bonchev–Trinajstić information content (AvgIpc) is 3.46. The Morgan fingerprint density at radius 3 is 2.61 bits per heavy atom. The third-order valence-electron chi connectivity index (χ3n) is 6.60. The van der Waals surface area contributed by atoms with Gasteiger partial charge >= 0.3 is 0 Å². The van der Waals surface area contributed by atoms with E-state index in [0.717, 1.165) is 47.4 Å². The highest BCUT2D eigenvalue weighted by molar-refractivity contribution is 7.92. The van der Waals surface area contributed by atoms with E-state index in [9.17, 15) is 8.42 Å². The maximum Gasteiger partial charge on any atom is 0.230 e. The summed E-state index contributed by atoms with van der Waals surface area (Å²) in [6.07, 6.45) is 5.94. The first-order chi connectivity index (χ1) is 17.2. The van der Waals surface area contributed by atoms with Gasteiger partial charge in [-0.3, -0.25) is 4.68 Å². The minimum atomic E-state index is -3.48. The number of sulfone groups is 1. The number of para-hydroxylation sites is 1. The van der Waals surface area contributed by atoms with Crippen molar-refractivity contribution < 1.29 is 8.42 Å². The van der Waals surface area contributed by atoms with Gasteiger partial charge in [0.1, 0.15) is 10.6 Å². The van der Waals surface area contributed by atoms with Gasteiger partial charge in [-0.15, -0.1) is 11.3 Å². The predicted octanol–water partition coefficient (Wildman–Crippen LogP) is 5.13. The highest BCUT2D eigenvalue weighted by Crippen LogP contribution is 2.35. The van der Waals surface area contributed by atoms with Crippen LogP contribution >= 0.6 is 11.3 Å². The summed E-state index contributed by atoms with van der Waals surface area (Å²) in [5, 5.41) is 13.5. The Labute approximate surface area is 215 Å². The zero-order chi connectivity index (χ0) is 25.4. The molecule has 1 fully saturated rings. The fraction of sp³-hybridized carbons (Fsp3) is 0.400. The first-order valence-corrected chi connectivity index (χ1v) is 14.5. The molecule has 0 saturated carbocycles. The largest absolute Gasteiger partial charge is 0.338 e. The number of likely N-dealkylation sites (tertiary alicyclic amines) is 1. The van der Waals surface area contributed by atoms with Crippen molar-refractivity contribution in [3.63, 3.8) is 0 Å². The molecule has 0 unspecified atom stereocenters. The van der Waals surface area contributed by atoms with Gasteiger partial charge in [0, 0.05) is 6.20 Å². The second-order valence-corrected chi connectivity index (χ2v) is 12.9. The van der Waals surface area contributed by atoms with E-state index in [1.165, 1.54) is 11.3 Å². The van der Waals surface area contributed by atoms with Gasteiger partial charge in [0.15, 0.2) is 9.84 Å². The summed E-state index contributed by atoms with van der Waals surface area (Å²) in [6, 6.07) is 7.34. The molecule has 36 heavy (non-hydrogen) atoms. The molecule has 4 aromatic rings. The SMILES string of the molecule is Cc1csc2nc(Nc3cnn(C4CCN(C)CC4)c3)nc(Nc3ccccc3S(=O)(=O)C(C)C)c12. The standard InChI is InChI=1S/C25H31N7O2S2/c1-16(2)36(33,34)21-8-6-5-7-20(21)28-23-22-17(3)15-35-24(22)30-25(29-23)27-18-13-26-32(14-18)19-9-11-31(4)12-10-19/h5-8,13-16,19H,9-12H2,1-4H3,(H2,27,28,29,30). The Bertz CT molecular complexity index is 1490. The van der Waals surface area contributed by atoms with Gasteiger partial charge in [-0.1, -0.05) is 12.1 Å². The van der Waals surface area contributed by atoms with E-state index in [1.807, 2.05) is 29.2 Å². The molecule has 5 rings (SSSR count). The van der Waals surface area contributed by atoms with Crippen LogP contribution in [0.4, 0.5) is 23.1 Å². The Kier molecular flexibility index (Phi) is 6.71. The Hall–Kier alpha value is -3.02. The lowest BCUT2D eigenvalue weighted by Gasteiger charge is -2.28. The summed E-state index contributed by atoms with van der Waals surface area (Å²) in [5.41, 5.74) is 2.34. The van der Waals surface area contributed by atoms with Gasteiger partial charge in [0.05, 0.1) is 39.1 Å². The van der Waals surface area contributed by atoms with Gasteiger partial charge in [-0.05, 0) is 76.8 Å². The van der Waals surface area contributed by atoms with Crippen LogP contribution in [-0.4, -0.2) is 58.5 Å². The lowest BCUT2D eigenvalue weighted by atomic mass is 10.1. The molecule has 0 amide bonds. The number of benzene rings is 1. The predicted molar refractivity (Wildman–Crippen MR) is 145 cm³/mol. The summed E-state index contributed by atoms with van der Waals surface area (Å²) >= 11 is 1.53. The molecule has 11 heteroatoms. The van der Waals surface area contributed by atoms with Crippen LogP contribution in [0.3, 0.4) is 0 Å². The Morgan fingerprint density at radius 2 is 1.86 bits per heavy atom. The van der Waals surface area contributed by atoms with Gasteiger partial charge in [-0.25, -0.2) is 13.4 Å². The summed E-state index contributed by atoms with van der Waals surface area (Å²) in [4.78, 5) is 12.9. The van der Waals surface area contributed by atoms with E-state index in [0.29, 0.717) is 23.5 Å². The molecule has 1 aliphatic rings. The minimum Gasteiger partial charge on any atom is -0.338 e. The van der Waals surface area contributed by atoms with Gasteiger partial charge < -0.3 is 15.5 Å². The highest BCUT2D eigenvalue weighted by atomic mass is 32.2. The molecule has 0 aliphatic carbocycles. The third-order valence-corrected chi connectivity index (χ3v) is 9.80. The van der Waals surface area contributed by atoms with E-state index in [2.05, 4.69) is 27.7 Å². The van der Waals surface area contributed by atoms with Crippen LogP contribution in [0.15, 0.2) is 46.9 Å². The number of thiophene rings is 1. The number of anilines is 4. The number of fused-ring (bicyclic) bond motifs is 1. The maximum absolute atomic E-state index is 13.0. The van der Waals surface area contributed by atoms with Crippen molar-refractivity contribution >= 4 is 54.5 Å². The van der Waals surface area contributed by atoms with Crippen molar-refractivity contribution in [2.45, 2.75) is 49.8 Å². The van der Waals surface area contributed by atoms with Crippen LogP contribution in [0.5, 0.6) is 0 Å². The molecule has 1 aliphatic heterocycles. The summed E-state index contributed by atoms with van der Waals surface area (Å²) < 4.78 is 28.0. The number of aromatic nitrogens is 4. The smallest absolute Gasteiger partial charge is 0.230 e. The van der Waals surface area contributed by atoms with Crippen molar-refractivity contribution in [2.75, 3.05) is 30.8 Å². The normalized spacial score (nSPS) is 15.6. The van der Waals surface area contributed by atoms with Gasteiger partial charge in [0.25, 0.3) is 0 Å². The fourth-order valence-electron chi connectivity index (χ4n) is 4.42. The van der Waals surface area contributed by atoms with Crippen LogP contribution < -0.4 is 10.6 Å². The van der Waals surface area contributed by atoms with Crippen LogP contribution in [0, 0.1) is 6.92 Å². The number of rotatable bonds is 7. The first kappa shape index (κ1) is 24.7. The summed E-state index contributed by atoms with van der Waals surface area (Å²) in [6.45, 7) is 7.50. The molecule has 190 valence electrons. The zero-order valence-corrected chi connectivity index (χ0v) is 22.5. The van der Waals surface area contributed by atoms with E-state index in [4.69, 9.17) is 9.97 Å². The van der Waals surface area contributed by atoms with E-state index in [-0.39, 0.29) is 4.90 Å². The van der Waals surface area contributed by atoms with E-state index < -0.39 is 15.1 Å². The molecule has 2 N–H and O–H groups in total. The van der Waals surface area contributed by atoms with E-state index >= 15 is 0 Å². The van der Waals surface area contributed by atoms with Crippen LogP contribution in [0.25, 0.3) is 10.2 Å². The van der Waals surface area contributed by atoms with E-state index in [1.54, 1.807) is 38.2 Å². The zero-order valence-electron chi connectivity index (χ0n) is 20.9. The number of nitrogens with one attached hydrogen (secondary N) is 2. The molecule has 4 heterocycles. The van der Waals surface area contributed by atoms with Crippen LogP contribution in [0.1, 0.15) is 38.3 Å². The molecule has 9 nitrogen and oxygen atoms in total. The molecule has 0 atom stereocenters. The second kappa shape index (κ2) is 9.79. The molecular weight excluding hydrogens is 494 g/mol. The van der Waals surface area contributed by atoms with Crippen LogP contribution in [-0.2, 0) is 9.84 Å². The van der Waals surface area contributed by atoms with Gasteiger partial charge in [-0.2, -0.15) is 10.1 Å². The number of hydrogen-bond acceptors (Lipinski definition) is 9. The highest BCUT2D eigenvalue weighted by Gasteiger charge is 2.24. The van der Waals surface area contributed by atoms with Crippen molar-refractivity contribution in [1.29, 1.82) is 0 Å². The number of piperidine rings is 1. The van der Waals surface area contributed by atoms with Crippen molar-refractivity contribution in [2.24, 2.45) is 0 Å². The van der Waals surface area contributed by atoms with Crippen molar-refractivity contribution in [3.05, 3.63) is 47.6 Å². The number of aryl methyl sites for hydroxylation is 1. The fourth-order valence-corrected chi connectivity index (χ4v) is 6.54. The topological polar surface area (TPSA) is 105 Å². The molecule has 1 aromatic carbocycles. The Balaban J connectivity index is 1.47. The number of nitrogens with zero attached hydrogens (tertiary/aromatic N) is 5. The first-order valence-electron chi connectivity index (χ1n) is 12.1. The van der Waals surface area contributed by atoms with Crippen molar-refractivity contribution in [1.82, 2.24) is 24.6 Å². The summed E-state index contributed by atoms with van der Waals surface area (Å²) in [5.74, 6) is 0.995. The quantitative estimate of drug-likeness (QED) is 0.342. The molecule has 1 saturated heterocycles. The van der Waals surface area contributed by atoms with Gasteiger partial charge in [0.2, 0.25) is 5.95 Å². The summed E-state index contributed by atoms with van der Waals surface area (Å²) in [7, 11) is -1.33. The Morgan fingerprint density at radius 1 is 1.11 bits per heavy atom. The second-order valence-electron chi connectivity index (χ2n) is 9.58.